The molecule has 0 aliphatic rings. The van der Waals surface area contributed by atoms with Crippen LogP contribution in [0.5, 0.6) is 0 Å². The Labute approximate surface area is 143 Å². The van der Waals surface area contributed by atoms with Crippen molar-refractivity contribution >= 4 is 28.4 Å². The molecule has 2 aromatic carbocycles. The lowest BCUT2D eigenvalue weighted by Crippen LogP contribution is -2.11. The Balaban J connectivity index is 1.73. The van der Waals surface area contributed by atoms with Gasteiger partial charge in [-0.2, -0.15) is 10.2 Å². The van der Waals surface area contributed by atoms with Crippen LogP contribution in [0, 0.1) is 6.92 Å². The highest BCUT2D eigenvalue weighted by molar-refractivity contribution is 7.12. The van der Waals surface area contributed by atoms with Crippen molar-refractivity contribution in [3.8, 4) is 0 Å². The number of aromatic nitrogens is 2. The van der Waals surface area contributed by atoms with Crippen molar-refractivity contribution in [1.29, 1.82) is 0 Å². The summed E-state index contributed by atoms with van der Waals surface area (Å²) < 4.78 is 0.742. The van der Waals surface area contributed by atoms with Crippen LogP contribution in [0.3, 0.4) is 0 Å². The normalized spacial score (nSPS) is 11.6. The number of nitrogens with zero attached hydrogens (tertiary/aromatic N) is 4. The Morgan fingerprint density at radius 1 is 0.917 bits per heavy atom. The van der Waals surface area contributed by atoms with Gasteiger partial charge < -0.3 is 0 Å². The second kappa shape index (κ2) is 7.98. The van der Waals surface area contributed by atoms with Crippen molar-refractivity contribution in [2.75, 3.05) is 10.9 Å². The molecule has 3 rings (SSSR count). The number of benzene rings is 2. The zero-order valence-corrected chi connectivity index (χ0v) is 13.9. The van der Waals surface area contributed by atoms with Crippen molar-refractivity contribution in [1.82, 2.24) is 10.2 Å². The number of rotatable bonds is 5. The van der Waals surface area contributed by atoms with E-state index < -0.39 is 0 Å². The lowest BCUT2D eigenvalue weighted by atomic mass is 10.2. The zero-order valence-electron chi connectivity index (χ0n) is 13.0. The summed E-state index contributed by atoms with van der Waals surface area (Å²) in [5, 5.41) is 17.3. The molecule has 0 unspecified atom stereocenters. The maximum absolute atomic E-state index is 4.38. The molecule has 0 radical (unpaired) electrons. The monoisotopic (exact) mass is 336 g/mol. The van der Waals surface area contributed by atoms with Gasteiger partial charge in [-0.15, -0.1) is 10.2 Å². The fourth-order valence-electron chi connectivity index (χ4n) is 1.83. The van der Waals surface area contributed by atoms with Gasteiger partial charge in [-0.25, -0.2) is 0 Å². The Bertz CT molecular complexity index is 874. The molecule has 0 amide bonds. The number of nitrogens with one attached hydrogen (secondary N) is 2. The van der Waals surface area contributed by atoms with Gasteiger partial charge in [0, 0.05) is 0 Å². The van der Waals surface area contributed by atoms with Gasteiger partial charge in [0.2, 0.25) is 5.13 Å². The number of para-hydroxylation sites is 1. The van der Waals surface area contributed by atoms with E-state index >= 15 is 0 Å². The molecule has 3 aromatic rings. The van der Waals surface area contributed by atoms with Gasteiger partial charge in [0.15, 0.2) is 4.67 Å². The van der Waals surface area contributed by atoms with Crippen LogP contribution >= 0.6 is 11.3 Å². The van der Waals surface area contributed by atoms with Crippen molar-refractivity contribution in [2.24, 2.45) is 10.2 Å². The summed E-state index contributed by atoms with van der Waals surface area (Å²) in [5.74, 6) is 0. The molecular weight excluding hydrogens is 320 g/mol. The lowest BCUT2D eigenvalue weighted by molar-refractivity contribution is 0.976. The molecule has 7 heteroatoms. The fraction of sp³-hybridized carbons (Fsp3) is 0.0588. The van der Waals surface area contributed by atoms with Crippen LogP contribution in [-0.4, -0.2) is 16.4 Å². The first-order chi connectivity index (χ1) is 11.8. The average Bonchev–Trinajstić information content (AvgIpc) is 2.64. The van der Waals surface area contributed by atoms with E-state index in [0.29, 0.717) is 5.13 Å². The molecular formula is C17H16N6S. The number of aryl methyl sites for hydroxylation is 1. The number of hydrogen-bond donors (Lipinski definition) is 2. The van der Waals surface area contributed by atoms with Crippen molar-refractivity contribution < 1.29 is 0 Å². The van der Waals surface area contributed by atoms with E-state index in [0.717, 1.165) is 21.6 Å². The van der Waals surface area contributed by atoms with E-state index in [-0.39, 0.29) is 0 Å². The maximum Gasteiger partial charge on any atom is 0.226 e. The smallest absolute Gasteiger partial charge is 0.226 e. The van der Waals surface area contributed by atoms with E-state index in [1.54, 1.807) is 6.21 Å². The zero-order chi connectivity index (χ0) is 16.6. The third-order valence-electron chi connectivity index (χ3n) is 3.03. The van der Waals surface area contributed by atoms with Gasteiger partial charge in [0.05, 0.1) is 17.6 Å². The highest BCUT2D eigenvalue weighted by Gasteiger charge is 1.99. The SMILES string of the molecule is Cc1nnc(N/N=C/c2ccccc2)s/c1=N\Nc1ccccc1. The molecule has 2 N–H and O–H groups in total. The summed E-state index contributed by atoms with van der Waals surface area (Å²) in [7, 11) is 0. The Morgan fingerprint density at radius 2 is 1.62 bits per heavy atom. The molecule has 0 aliphatic carbocycles. The van der Waals surface area contributed by atoms with Crippen LogP contribution in [0.4, 0.5) is 10.8 Å². The summed E-state index contributed by atoms with van der Waals surface area (Å²) in [4.78, 5) is 0. The predicted molar refractivity (Wildman–Crippen MR) is 97.9 cm³/mol. The van der Waals surface area contributed by atoms with Crippen molar-refractivity contribution in [3.05, 3.63) is 76.6 Å². The number of hydrazone groups is 1. The predicted octanol–water partition coefficient (Wildman–Crippen LogP) is 3.22. The van der Waals surface area contributed by atoms with E-state index in [9.17, 15) is 0 Å². The second-order valence-corrected chi connectivity index (χ2v) is 5.85. The van der Waals surface area contributed by atoms with Gasteiger partial charge in [-0.3, -0.25) is 10.9 Å². The second-order valence-electron chi connectivity index (χ2n) is 4.87. The summed E-state index contributed by atoms with van der Waals surface area (Å²) in [6.07, 6.45) is 1.73. The number of anilines is 2. The van der Waals surface area contributed by atoms with Gasteiger partial charge >= 0.3 is 0 Å². The van der Waals surface area contributed by atoms with E-state index in [2.05, 4.69) is 31.3 Å². The van der Waals surface area contributed by atoms with Gasteiger partial charge in [-0.05, 0) is 24.6 Å². The molecule has 1 aromatic heterocycles. The van der Waals surface area contributed by atoms with Gasteiger partial charge in [0.25, 0.3) is 0 Å². The number of hydrogen-bond acceptors (Lipinski definition) is 7. The first-order valence-electron chi connectivity index (χ1n) is 7.34. The first-order valence-corrected chi connectivity index (χ1v) is 8.16. The first kappa shape index (κ1) is 15.8. The molecule has 24 heavy (non-hydrogen) atoms. The molecule has 0 spiro atoms. The molecule has 1 heterocycles. The molecule has 0 aliphatic heterocycles. The van der Waals surface area contributed by atoms with Gasteiger partial charge in [0.1, 0.15) is 0 Å². The van der Waals surface area contributed by atoms with Crippen LogP contribution < -0.4 is 15.5 Å². The molecule has 120 valence electrons. The molecule has 0 bridgehead atoms. The Hall–Kier alpha value is -3.06. The fourth-order valence-corrected chi connectivity index (χ4v) is 2.47. The Kier molecular flexibility index (Phi) is 5.26. The lowest BCUT2D eigenvalue weighted by Gasteiger charge is -2.01. The topological polar surface area (TPSA) is 74.6 Å². The highest BCUT2D eigenvalue weighted by atomic mass is 32.1. The minimum absolute atomic E-state index is 0.571. The van der Waals surface area contributed by atoms with Crippen LogP contribution in [0.15, 0.2) is 70.9 Å². The molecule has 0 atom stereocenters. The molecule has 0 fully saturated rings. The summed E-state index contributed by atoms with van der Waals surface area (Å²) >= 11 is 1.38. The average molecular weight is 336 g/mol. The van der Waals surface area contributed by atoms with Crippen LogP contribution in [0.25, 0.3) is 0 Å². The van der Waals surface area contributed by atoms with Crippen LogP contribution in [0.1, 0.15) is 11.3 Å². The van der Waals surface area contributed by atoms with E-state index in [1.165, 1.54) is 11.3 Å². The quantitative estimate of drug-likeness (QED) is 0.554. The largest absolute Gasteiger partial charge is 0.277 e. The standard InChI is InChI=1S/C17H16N6S/c1-13-16(21-20-15-10-6-3-7-11-15)24-17(23-19-13)22-18-12-14-8-4-2-5-9-14/h2-12,20H,1H3,(H,22,23)/b18-12+,21-16-. The summed E-state index contributed by atoms with van der Waals surface area (Å²) in [5.41, 5.74) is 8.57. The van der Waals surface area contributed by atoms with Gasteiger partial charge in [-0.1, -0.05) is 59.9 Å². The third-order valence-corrected chi connectivity index (χ3v) is 3.97. The summed E-state index contributed by atoms with van der Waals surface area (Å²) in [6.45, 7) is 1.87. The Morgan fingerprint density at radius 3 is 2.38 bits per heavy atom. The van der Waals surface area contributed by atoms with Crippen molar-refractivity contribution in [2.45, 2.75) is 6.92 Å². The minimum atomic E-state index is 0.571. The molecule has 0 saturated heterocycles. The van der Waals surface area contributed by atoms with Crippen molar-refractivity contribution in [3.63, 3.8) is 0 Å². The van der Waals surface area contributed by atoms with E-state index in [1.807, 2.05) is 67.6 Å². The molecule has 6 nitrogen and oxygen atoms in total. The third kappa shape index (κ3) is 4.47. The minimum Gasteiger partial charge on any atom is -0.277 e. The van der Waals surface area contributed by atoms with Crippen LogP contribution in [0.2, 0.25) is 0 Å². The van der Waals surface area contributed by atoms with Crippen LogP contribution in [-0.2, 0) is 0 Å². The molecule has 0 saturated carbocycles. The van der Waals surface area contributed by atoms with E-state index in [4.69, 9.17) is 0 Å². The highest BCUT2D eigenvalue weighted by Crippen LogP contribution is 2.07. The summed E-state index contributed by atoms with van der Waals surface area (Å²) in [6, 6.07) is 19.6. The maximum atomic E-state index is 4.38.